The minimum absolute atomic E-state index is 0.118. The number of carbonyl (C=O) groups is 8. The van der Waals surface area contributed by atoms with E-state index in [0.29, 0.717) is 79.0 Å². The number of fused-ring (bicyclic) bond motifs is 3. The SMILES string of the molecule is CCCCCC(CC(C)CCC)N1C(=O)c2ccc3c4ccc5c6c(c[c]7c(c8[c](cc(c2c38)C1=O)[Sn]7([CH2]CCC)[CH2]CCC)c64)C(=O)N(C(CCCCC)CC(C)CCC)C5=O.CCCCCC(CC(C)CCC)N1C(=O)c2ccc3c4ccc5c6c(cc(Br)c(c7ccc(c2c37)C1=O)c64)C(=O)N(C(CCCCC)CC(C)CCC)C5=O.CCC[CH2][Sn]([CH2]CCC)[CH2]CCC.CCC[CH2][Sn]([CH2]CCC)[CH2]CCC.[B]B([B])[B]. The standard InChI is InChI=1S/C48H57BrN2O4.C48H56N2O4.8C4H9.B4.3Sn/c1-7-11-13-17-30(25-28(5)15-9-3)50-45(52)35-22-19-32-33-20-23-37-42-38(48(55)51(47(37)54)31(18-14-12-8-2)26-29(6)16-10-4)27-39(49)43(44(33)42)34-21-24-36(46(50)53)41(35)40(32)34;1-7-11-13-17-31(27-29(5)15-9-3)49-45(51)37-23-19-33-35-21-25-39-44-40(26-22-36(42(35)44)34-20-24-38(46(49)52)43(37)41(33)34)48(54)50(47(39)53)32(18-14-12-8-2)28-30(6)16-10-4;8*1-3-4-2;1-4(2)3;;;/h19-24,27-31H,7-18,25-26H2,1-6H3;19,21,23-26,29-32H,7-18,27-28H2,1-6H3;8*1,3-4H2,2H3;;;;. The number of carbonyl (C=O) groups excluding carboxylic acids is 8. The minimum atomic E-state index is -3.76. The third-order valence-electron chi connectivity index (χ3n) is 33.8. The van der Waals surface area contributed by atoms with Gasteiger partial charge in [-0.05, 0) is 83.3 Å². The first kappa shape index (κ1) is 123. The van der Waals surface area contributed by atoms with E-state index in [9.17, 15) is 19.2 Å². The van der Waals surface area contributed by atoms with Crippen LogP contribution in [0.15, 0.2) is 83.3 Å². The first-order chi connectivity index (χ1) is 71.5. The van der Waals surface area contributed by atoms with Crippen molar-refractivity contribution in [2.45, 2.75) is 481 Å². The van der Waals surface area contributed by atoms with E-state index in [-0.39, 0.29) is 71.4 Å². The molecule has 20 heteroatoms. The van der Waals surface area contributed by atoms with Gasteiger partial charge in [0.15, 0.2) is 0 Å². The topological polar surface area (TPSA) is 150 Å². The molecule has 0 spiro atoms. The molecule has 0 N–H and O–H groups in total. The van der Waals surface area contributed by atoms with Crippen LogP contribution in [0.1, 0.15) is 504 Å². The summed E-state index contributed by atoms with van der Waals surface area (Å²) in [7, 11) is 14.0. The van der Waals surface area contributed by atoms with Gasteiger partial charge in [-0.2, -0.15) is 0 Å². The van der Waals surface area contributed by atoms with Gasteiger partial charge in [0.1, 0.15) is 0 Å². The zero-order valence-electron chi connectivity index (χ0n) is 95.6. The molecule has 8 amide bonds. The van der Waals surface area contributed by atoms with Crippen LogP contribution in [-0.4, -0.2) is 179 Å². The molecule has 5 heterocycles. The number of halogens is 1. The predicted octanol–water partition coefficient (Wildman–Crippen LogP) is 35.4. The molecular weight excluding hydrogens is 2200 g/mol. The van der Waals surface area contributed by atoms with Gasteiger partial charge in [0.05, 0.1) is 0 Å². The normalized spacial score (nSPS) is 15.8. The monoisotopic (exact) mass is 2390 g/mol. The third kappa shape index (κ3) is 27.8. The summed E-state index contributed by atoms with van der Waals surface area (Å²) in [5, 5.41) is 15.0. The fourth-order valence-corrected chi connectivity index (χ4v) is 62.4. The van der Waals surface area contributed by atoms with E-state index < -0.39 is 64.3 Å². The van der Waals surface area contributed by atoms with Gasteiger partial charge in [-0.1, -0.05) is 140 Å². The first-order valence-electron chi connectivity index (χ1n) is 60.2. The van der Waals surface area contributed by atoms with Crippen molar-refractivity contribution in [2.75, 3.05) is 0 Å². The van der Waals surface area contributed by atoms with E-state index in [2.05, 4.69) is 202 Å². The van der Waals surface area contributed by atoms with Crippen molar-refractivity contribution < 1.29 is 38.4 Å². The Bertz CT molecular complexity index is 5840. The van der Waals surface area contributed by atoms with Crippen LogP contribution in [0.5, 0.6) is 0 Å². The van der Waals surface area contributed by atoms with Crippen molar-refractivity contribution in [3.8, 4) is 0 Å². The van der Waals surface area contributed by atoms with E-state index in [1.807, 2.05) is 54.6 Å². The molecule has 10 aromatic rings. The van der Waals surface area contributed by atoms with E-state index in [4.69, 9.17) is 0 Å². The second-order valence-corrected chi connectivity index (χ2v) is 75.9. The number of amides is 8. The maximum absolute atomic E-state index is 15.4. The molecule has 5 aliphatic heterocycles. The Balaban J connectivity index is 0.000000221. The number of imide groups is 4. The maximum Gasteiger partial charge on any atom is 0 e. The molecule has 796 valence electrons. The molecular formula is C128H185B4BrN4O8Sn3. The Morgan fingerprint density at radius 2 is 0.466 bits per heavy atom. The van der Waals surface area contributed by atoms with Gasteiger partial charge >= 0.3 is 568 Å². The molecule has 0 bridgehead atoms. The maximum atomic E-state index is 15.4. The molecule has 5 aliphatic rings. The number of rotatable bonds is 60. The second kappa shape index (κ2) is 60.1. The number of hydrogen-bond acceptors (Lipinski definition) is 8. The largest absolute Gasteiger partial charge is 0 e. The van der Waals surface area contributed by atoms with Gasteiger partial charge in [-0.3, -0.25) is 29.0 Å². The Labute approximate surface area is 925 Å². The average Bonchev–Trinajstić information content (AvgIpc) is 1.48. The average molecular weight is 2390 g/mol. The van der Waals surface area contributed by atoms with E-state index >= 15 is 19.2 Å². The van der Waals surface area contributed by atoms with Crippen molar-refractivity contribution in [1.29, 1.82) is 0 Å². The summed E-state index contributed by atoms with van der Waals surface area (Å²) in [5.74, 6) is 0.253. The van der Waals surface area contributed by atoms with Gasteiger partial charge in [0, 0.05) is 90.0 Å². The van der Waals surface area contributed by atoms with Crippen LogP contribution < -0.4 is 7.16 Å². The summed E-state index contributed by atoms with van der Waals surface area (Å²) in [4.78, 5) is 126. The minimum Gasteiger partial charge on any atom is 0 e. The molecule has 8 radical (unpaired) electrons. The van der Waals surface area contributed by atoms with Crippen molar-refractivity contribution in [3.63, 3.8) is 0 Å². The van der Waals surface area contributed by atoms with Crippen LogP contribution in [0.4, 0.5) is 0 Å². The van der Waals surface area contributed by atoms with Crippen molar-refractivity contribution >= 4 is 244 Å². The van der Waals surface area contributed by atoms with Gasteiger partial charge < -0.3 is 0 Å². The van der Waals surface area contributed by atoms with Crippen LogP contribution in [0.2, 0.25) is 35.5 Å². The first-order valence-corrected chi connectivity index (χ1v) is 80.0. The molecule has 0 saturated carbocycles. The van der Waals surface area contributed by atoms with Crippen molar-refractivity contribution in [1.82, 2.24) is 19.6 Å². The zero-order valence-corrected chi connectivity index (χ0v) is 106. The fraction of sp³-hybridized carbons (Fsp3) is 0.625. The van der Waals surface area contributed by atoms with Crippen LogP contribution in [0, 0.1) is 23.7 Å². The second-order valence-electron chi connectivity index (χ2n) is 45.8. The smallest absolute Gasteiger partial charge is 0 e. The summed E-state index contributed by atoms with van der Waals surface area (Å²) >= 11 is -1.54. The Hall–Kier alpha value is -5.50. The molecule has 0 saturated heterocycles. The van der Waals surface area contributed by atoms with Crippen LogP contribution in [0.25, 0.3) is 86.2 Å². The van der Waals surface area contributed by atoms with Crippen LogP contribution in [-0.2, 0) is 0 Å². The van der Waals surface area contributed by atoms with Gasteiger partial charge in [0.25, 0.3) is 23.6 Å². The number of unbranched alkanes of at least 4 members (excludes halogenated alkanes) is 16. The van der Waals surface area contributed by atoms with E-state index in [1.54, 1.807) is 46.2 Å². The number of benzene rings is 10. The van der Waals surface area contributed by atoms with E-state index in [1.165, 1.54) is 95.0 Å². The molecule has 0 aliphatic carbocycles. The van der Waals surface area contributed by atoms with Crippen LogP contribution >= 0.6 is 15.9 Å². The third-order valence-corrected chi connectivity index (χ3v) is 67.6. The molecule has 0 aromatic heterocycles. The summed E-state index contributed by atoms with van der Waals surface area (Å²) in [6.45, 7) is 45.2. The molecule has 12 nitrogen and oxygen atoms in total. The number of nitrogens with zero attached hydrogens (tertiary/aromatic N) is 4. The van der Waals surface area contributed by atoms with Crippen LogP contribution in [0.3, 0.4) is 0 Å². The number of hydrogen-bond donors (Lipinski definition) is 0. The summed E-state index contributed by atoms with van der Waals surface area (Å²) < 4.78 is 15.8. The molecule has 8 atom stereocenters. The summed E-state index contributed by atoms with van der Waals surface area (Å²) in [6, 6.07) is 25.9. The van der Waals surface area contributed by atoms with E-state index in [0.717, 1.165) is 283 Å². The molecule has 15 rings (SSSR count). The molecule has 10 aromatic carbocycles. The Morgan fingerprint density at radius 3 is 0.709 bits per heavy atom. The summed E-state index contributed by atoms with van der Waals surface area (Å²) in [5.41, 5.74) is 4.95. The molecule has 148 heavy (non-hydrogen) atoms. The predicted molar refractivity (Wildman–Crippen MR) is 649 cm³/mol. The Morgan fingerprint density at radius 1 is 0.250 bits per heavy atom. The van der Waals surface area contributed by atoms with Crippen molar-refractivity contribution in [3.05, 3.63) is 128 Å². The fourth-order valence-electron chi connectivity index (χ4n) is 26.2. The zero-order chi connectivity index (χ0) is 107. The quantitative estimate of drug-likeness (QED) is 0.0120. The van der Waals surface area contributed by atoms with Gasteiger partial charge in [-0.15, -0.1) is 0 Å². The van der Waals surface area contributed by atoms with Crippen molar-refractivity contribution in [2.24, 2.45) is 23.7 Å². The van der Waals surface area contributed by atoms with Gasteiger partial charge in [0.2, 0.25) is 0 Å². The molecule has 8 unspecified atom stereocenters. The summed E-state index contributed by atoms with van der Waals surface area (Å²) in [6.07, 6.45) is 49.1. The molecule has 0 fully saturated rings. The van der Waals surface area contributed by atoms with Gasteiger partial charge in [-0.25, -0.2) is 0 Å². The Kier molecular flexibility index (Phi) is 49.9.